The monoisotopic (exact) mass is 896 g/mol. The number of carbonyl (C=O) groups excluding carboxylic acids is 6. The van der Waals surface area contributed by atoms with E-state index in [2.05, 4.69) is 47.2 Å². The van der Waals surface area contributed by atoms with Gasteiger partial charge < -0.3 is 35.1 Å². The lowest BCUT2D eigenvalue weighted by Gasteiger charge is -2.27. The van der Waals surface area contributed by atoms with Crippen molar-refractivity contribution in [3.8, 4) is 11.9 Å². The lowest BCUT2D eigenvalue weighted by molar-refractivity contribution is -0.136. The van der Waals surface area contributed by atoms with Gasteiger partial charge in [-0.25, -0.2) is 19.2 Å². The first kappa shape index (κ1) is 46.0. The number of imide groups is 2. The van der Waals surface area contributed by atoms with Crippen LogP contribution in [0.1, 0.15) is 83.1 Å². The van der Waals surface area contributed by atoms with E-state index in [0.29, 0.717) is 28.4 Å². The number of aromatic nitrogens is 4. The van der Waals surface area contributed by atoms with Gasteiger partial charge in [0.25, 0.3) is 24.8 Å². The largest absolute Gasteiger partial charge is 0.444 e. The fourth-order valence-electron chi connectivity index (χ4n) is 7.15. The quantitative estimate of drug-likeness (QED) is 0.0779. The Morgan fingerprint density at radius 2 is 1.78 bits per heavy atom. The summed E-state index contributed by atoms with van der Waals surface area (Å²) in [5.41, 5.74) is 1.93. The van der Waals surface area contributed by atoms with Crippen LogP contribution >= 0.6 is 0 Å². The molecule has 4 aromatic rings. The van der Waals surface area contributed by atoms with E-state index in [0.717, 1.165) is 23.1 Å². The van der Waals surface area contributed by atoms with Crippen LogP contribution in [0.25, 0.3) is 21.7 Å². The van der Waals surface area contributed by atoms with E-state index in [4.69, 9.17) is 14.2 Å². The number of anilines is 2. The van der Waals surface area contributed by atoms with Gasteiger partial charge in [-0.2, -0.15) is 9.78 Å². The number of amides is 6. The highest BCUT2D eigenvalue weighted by atomic mass is 19.1. The van der Waals surface area contributed by atoms with Crippen molar-refractivity contribution in [1.29, 1.82) is 0 Å². The number of nitrogens with zero attached hydrogens (tertiary/aromatic N) is 7. The molecule has 342 valence electrons. The summed E-state index contributed by atoms with van der Waals surface area (Å²) >= 11 is 0. The summed E-state index contributed by atoms with van der Waals surface area (Å²) in [6, 6.07) is 10.3. The Hall–Kier alpha value is -7.05. The van der Waals surface area contributed by atoms with Crippen molar-refractivity contribution in [1.82, 2.24) is 40.2 Å². The van der Waals surface area contributed by atoms with Gasteiger partial charge in [0, 0.05) is 55.4 Å². The molecule has 3 aromatic heterocycles. The minimum atomic E-state index is -1.56. The van der Waals surface area contributed by atoms with Crippen molar-refractivity contribution in [2.24, 2.45) is 0 Å². The van der Waals surface area contributed by atoms with E-state index < -0.39 is 53.4 Å². The van der Waals surface area contributed by atoms with Crippen molar-refractivity contribution in [3.63, 3.8) is 0 Å². The molecule has 21 heteroatoms. The number of ether oxygens (including phenoxy) is 3. The fourth-order valence-corrected chi connectivity index (χ4v) is 7.15. The van der Waals surface area contributed by atoms with E-state index in [1.54, 1.807) is 63.1 Å². The molecular weight excluding hydrogens is 846 g/mol. The average molecular weight is 897 g/mol. The van der Waals surface area contributed by atoms with Gasteiger partial charge in [0.15, 0.2) is 11.5 Å². The Balaban J connectivity index is 0.860. The van der Waals surface area contributed by atoms with Gasteiger partial charge in [0.2, 0.25) is 11.8 Å². The molecule has 2 fully saturated rings. The standard InChI is InChI=1S/C44H50FN11O9/c1-44(2,3)65-43(62)54(13-16-63-15-12-47-32-7-5-6-30-37(32)42(61)55(41(30)60)34-10-11-36(57)53-40(34)59)14-17-64-25-28(45)23-50-39(58)31-24-48-35(19-33(31)52-29-8-9-29)56-38-27(22-51-56)18-26(20-46-4)21-49-38/h5-7,18-19,21-22,24,28-29,34H,8-17,23,25H2,1-4H3,(H3-,47,48,50,52,53,57,58,59,61)/p+1. The lowest BCUT2D eigenvalue weighted by atomic mass is 10.0. The molecule has 1 saturated carbocycles. The summed E-state index contributed by atoms with van der Waals surface area (Å²) in [6.45, 7) is 5.17. The number of nitrogens with one attached hydrogen (secondary N) is 4. The summed E-state index contributed by atoms with van der Waals surface area (Å²) in [5.74, 6) is -2.46. The molecule has 3 aliphatic rings. The molecule has 65 heavy (non-hydrogen) atoms. The molecule has 6 amide bonds. The molecule has 1 saturated heterocycles. The molecule has 5 heterocycles. The third-order valence-electron chi connectivity index (χ3n) is 10.4. The molecule has 1 aliphatic carbocycles. The zero-order chi connectivity index (χ0) is 46.3. The number of hydrogen-bond acceptors (Lipinski definition) is 14. The molecule has 1 aromatic carbocycles. The summed E-state index contributed by atoms with van der Waals surface area (Å²) in [6.07, 6.45) is 4.50. The number of piperidine rings is 1. The van der Waals surface area contributed by atoms with Crippen LogP contribution < -0.4 is 21.3 Å². The summed E-state index contributed by atoms with van der Waals surface area (Å²) in [4.78, 5) is 92.1. The van der Waals surface area contributed by atoms with Gasteiger partial charge in [-0.3, -0.25) is 34.2 Å². The number of halogens is 1. The van der Waals surface area contributed by atoms with Gasteiger partial charge in [-0.15, -0.1) is 0 Å². The van der Waals surface area contributed by atoms with Gasteiger partial charge >= 0.3 is 12.2 Å². The maximum absolute atomic E-state index is 15.1. The molecule has 0 bridgehead atoms. The normalized spacial score (nSPS) is 16.4. The minimum absolute atomic E-state index is 0.0156. The van der Waals surface area contributed by atoms with Crippen molar-refractivity contribution in [3.05, 3.63) is 76.0 Å². The second kappa shape index (κ2) is 20.2. The van der Waals surface area contributed by atoms with Crippen molar-refractivity contribution >= 4 is 58.0 Å². The third kappa shape index (κ3) is 11.4. The zero-order valence-corrected chi connectivity index (χ0v) is 36.5. The van der Waals surface area contributed by atoms with Crippen LogP contribution in [0.5, 0.6) is 0 Å². The van der Waals surface area contributed by atoms with E-state index >= 15 is 4.39 Å². The number of hydrogen-bond donors (Lipinski definition) is 4. The van der Waals surface area contributed by atoms with E-state index in [-0.39, 0.29) is 88.2 Å². The van der Waals surface area contributed by atoms with Crippen LogP contribution in [0.3, 0.4) is 0 Å². The van der Waals surface area contributed by atoms with Crippen molar-refractivity contribution in [2.75, 3.05) is 70.3 Å². The van der Waals surface area contributed by atoms with Crippen LogP contribution in [0.4, 0.5) is 20.6 Å². The van der Waals surface area contributed by atoms with Gasteiger partial charge in [-0.05, 0) is 58.2 Å². The van der Waals surface area contributed by atoms with E-state index in [1.807, 2.05) is 6.07 Å². The smallest absolute Gasteiger partial charge is 0.410 e. The lowest BCUT2D eigenvalue weighted by Crippen LogP contribution is -2.54. The Labute approximate surface area is 373 Å². The van der Waals surface area contributed by atoms with E-state index in [1.165, 1.54) is 17.2 Å². The summed E-state index contributed by atoms with van der Waals surface area (Å²) in [5, 5.41) is 16.5. The number of carbonyl (C=O) groups is 6. The Morgan fingerprint density at radius 1 is 1.00 bits per heavy atom. The molecule has 2 atom stereocenters. The molecule has 2 unspecified atom stereocenters. The van der Waals surface area contributed by atoms with Crippen LogP contribution in [-0.4, -0.2) is 149 Å². The van der Waals surface area contributed by atoms with Crippen LogP contribution in [0, 0.1) is 6.07 Å². The number of rotatable bonds is 19. The van der Waals surface area contributed by atoms with E-state index in [9.17, 15) is 28.8 Å². The fraction of sp³-hybridized carbons (Fsp3) is 0.455. The van der Waals surface area contributed by atoms with Gasteiger partial charge in [0.1, 0.15) is 23.4 Å². The molecule has 0 radical (unpaired) electrons. The number of fused-ring (bicyclic) bond motifs is 2. The highest BCUT2D eigenvalue weighted by molar-refractivity contribution is 6.25. The predicted octanol–water partition coefficient (Wildman–Crippen LogP) is 3.55. The molecule has 2 aliphatic heterocycles. The molecule has 0 spiro atoms. The average Bonchev–Trinajstić information content (AvgIpc) is 3.92. The molecule has 20 nitrogen and oxygen atoms in total. The Bertz CT molecular complexity index is 2550. The maximum atomic E-state index is 15.1. The number of benzene rings is 1. The Kier molecular flexibility index (Phi) is 14.3. The zero-order valence-electron chi connectivity index (χ0n) is 36.5. The molecule has 7 rings (SSSR count). The highest BCUT2D eigenvalue weighted by Crippen LogP contribution is 2.33. The summed E-state index contributed by atoms with van der Waals surface area (Å²) in [7, 11) is 1.63. The predicted molar refractivity (Wildman–Crippen MR) is 234 cm³/mol. The topological polar surface area (TPSA) is 233 Å². The maximum Gasteiger partial charge on any atom is 0.410 e. The Morgan fingerprint density at radius 3 is 2.52 bits per heavy atom. The second-order valence-corrected chi connectivity index (χ2v) is 16.6. The highest BCUT2D eigenvalue weighted by Gasteiger charge is 2.45. The SMILES string of the molecule is C[N+]#Cc1cnc2c(cnn2-c2cc(NC3CC3)c(C(=O)NCC(F)COCCN(CCOCCNc3cccc4c3C(=O)N(C3CCC(=O)NC3=O)C4=O)C(=O)OC(C)(C)C)cn2)c1. The van der Waals surface area contributed by atoms with Crippen molar-refractivity contribution in [2.45, 2.75) is 70.3 Å². The second-order valence-electron chi connectivity index (χ2n) is 16.6. The third-order valence-corrected chi connectivity index (χ3v) is 10.4. The van der Waals surface area contributed by atoms with Gasteiger partial charge in [-0.1, -0.05) is 10.9 Å². The summed E-state index contributed by atoms with van der Waals surface area (Å²) < 4.78 is 33.6. The first-order valence-electron chi connectivity index (χ1n) is 21.3. The molecule has 4 N–H and O–H groups in total. The van der Waals surface area contributed by atoms with Crippen LogP contribution in [0.2, 0.25) is 0 Å². The first-order chi connectivity index (χ1) is 31.2. The van der Waals surface area contributed by atoms with Crippen LogP contribution in [-0.2, 0) is 23.8 Å². The molecular formula is C44H51FN11O9+. The van der Waals surface area contributed by atoms with Gasteiger partial charge in [0.05, 0.1) is 67.7 Å². The van der Waals surface area contributed by atoms with Crippen LogP contribution in [0.15, 0.2) is 48.9 Å². The first-order valence-corrected chi connectivity index (χ1v) is 21.3. The number of pyridine rings is 2. The number of alkyl halides is 1. The minimum Gasteiger partial charge on any atom is -0.444 e. The van der Waals surface area contributed by atoms with Crippen molar-refractivity contribution < 1.29 is 47.4 Å².